The summed E-state index contributed by atoms with van der Waals surface area (Å²) in [6, 6.07) is 78.4. The molecule has 0 unspecified atom stereocenters. The first-order valence-electron chi connectivity index (χ1n) is 25.6. The summed E-state index contributed by atoms with van der Waals surface area (Å²) in [4.78, 5) is 23.9. The van der Waals surface area contributed by atoms with Crippen LogP contribution in [0.2, 0.25) is 0 Å². The fourth-order valence-corrected chi connectivity index (χ4v) is 11.2. The van der Waals surface area contributed by atoms with Gasteiger partial charge in [-0.25, -0.2) is 15.0 Å². The first-order valence-corrected chi connectivity index (χ1v) is 25.6. The Balaban J connectivity index is 1.24. The fraction of sp³-hybridized carbons (Fsp3) is 0.0870. The first-order chi connectivity index (χ1) is 36.7. The van der Waals surface area contributed by atoms with Crippen LogP contribution in [0, 0.1) is 0 Å². The van der Waals surface area contributed by atoms with Crippen molar-refractivity contribution in [3.63, 3.8) is 0 Å². The molecule has 0 amide bonds. The molecule has 0 aliphatic carbocycles. The Morgan fingerprint density at radius 2 is 0.467 bits per heavy atom. The topological polar surface area (TPSA) is 46.8 Å². The van der Waals surface area contributed by atoms with Gasteiger partial charge in [-0.2, -0.15) is 0 Å². The van der Waals surface area contributed by atoms with Crippen molar-refractivity contribution in [1.82, 2.24) is 0 Å². The molecular weight excluding hydrogens is 913 g/mol. The molecule has 0 spiro atoms. The molecule has 0 saturated heterocycles. The Hall–Kier alpha value is -9.39. The van der Waals surface area contributed by atoms with Crippen LogP contribution >= 0.6 is 0 Å². The van der Waals surface area contributed by atoms with E-state index >= 15 is 0 Å². The number of fused-ring (bicyclic) bond motifs is 12. The highest BCUT2D eigenvalue weighted by molar-refractivity contribution is 6.43. The third-order valence-corrected chi connectivity index (χ3v) is 15.0. The third-order valence-electron chi connectivity index (χ3n) is 15.0. The first kappa shape index (κ1) is 45.5. The van der Waals surface area contributed by atoms with Gasteiger partial charge in [-0.05, 0) is 122 Å². The number of hydrogen-bond donors (Lipinski definition) is 0. The molecule has 360 valence electrons. The number of rotatable bonds is 9. The number of hydrogen-bond acceptors (Lipinski definition) is 6. The van der Waals surface area contributed by atoms with Crippen LogP contribution in [0.4, 0.5) is 34.1 Å². The molecule has 0 fully saturated rings. The lowest BCUT2D eigenvalue weighted by Gasteiger charge is -2.12. The Morgan fingerprint density at radius 1 is 0.227 bits per heavy atom. The molecule has 13 aromatic rings. The highest BCUT2D eigenvalue weighted by atomic mass is 15.1. The van der Waals surface area contributed by atoms with E-state index in [1.165, 1.54) is 16.7 Å². The molecule has 0 aromatic heterocycles. The van der Waals surface area contributed by atoms with Crippen molar-refractivity contribution in [1.29, 1.82) is 0 Å². The normalized spacial score (nSPS) is 12.6. The molecule has 0 bridgehead atoms. The standard InChI is InChI=1S/C69H54N6/c1-73(2)52-34-37-55-58(40-52)67(70-49-28-22-46(23-29-49)43-16-10-7-11-17-43)64-61(55)65-63(57-39-36-54(75(5)6)42-60(57)68(65)71-50-30-24-47(25-31-50)44-18-12-8-13-19-44)66-62(64)56-38-35-53(74(3)4)41-59(56)69(66)72-51-32-26-48(27-33-51)45-20-14-9-15-21-45/h7-42H,1-6H3. The summed E-state index contributed by atoms with van der Waals surface area (Å²) in [5, 5.41) is 16.2. The molecule has 13 aromatic carbocycles. The second-order valence-electron chi connectivity index (χ2n) is 20.2. The van der Waals surface area contributed by atoms with Crippen LogP contribution in [-0.2, 0) is 0 Å². The average molecular weight is 967 g/mol. The van der Waals surface area contributed by atoms with E-state index in [2.05, 4.69) is 275 Å². The van der Waals surface area contributed by atoms with E-state index in [1.807, 2.05) is 0 Å². The molecule has 0 aliphatic rings. The Bertz CT molecular complexity index is 4000. The molecule has 6 heteroatoms. The highest BCUT2D eigenvalue weighted by Gasteiger charge is 2.27. The summed E-state index contributed by atoms with van der Waals surface area (Å²) in [5.74, 6) is 0. The molecule has 6 nitrogen and oxygen atoms in total. The van der Waals surface area contributed by atoms with Gasteiger partial charge in [0.1, 0.15) is 0 Å². The van der Waals surface area contributed by atoms with E-state index in [0.717, 1.165) is 132 Å². The summed E-state index contributed by atoms with van der Waals surface area (Å²) in [5.41, 5.74) is 12.9. The van der Waals surface area contributed by atoms with Crippen molar-refractivity contribution in [3.8, 4) is 33.4 Å². The van der Waals surface area contributed by atoms with Gasteiger partial charge in [-0.15, -0.1) is 0 Å². The molecule has 0 heterocycles. The number of nitrogens with zero attached hydrogens (tertiary/aromatic N) is 6. The fourth-order valence-electron chi connectivity index (χ4n) is 11.2. The van der Waals surface area contributed by atoms with E-state index in [0.29, 0.717) is 0 Å². The number of anilines is 3. The SMILES string of the molecule is CN(C)c1ccc2c(c1)c(=Nc1ccc(-c3ccccc3)cc1)c1c2c2c(=Nc3ccc(-c4ccccc4)cc3)c3cc(N(C)C)ccc3c2c2c(=Nc3ccc(-c4ccccc4)cc3)c3cc(N(C)C)ccc3c12. The summed E-state index contributed by atoms with van der Waals surface area (Å²) < 4.78 is 0. The monoisotopic (exact) mass is 966 g/mol. The molecule has 0 aliphatic heterocycles. The van der Waals surface area contributed by atoms with E-state index in [-0.39, 0.29) is 0 Å². The van der Waals surface area contributed by atoms with Gasteiger partial charge in [0.15, 0.2) is 0 Å². The van der Waals surface area contributed by atoms with Gasteiger partial charge in [0.25, 0.3) is 0 Å². The number of benzene rings is 10. The van der Waals surface area contributed by atoms with Crippen LogP contribution in [0.15, 0.2) is 233 Å². The van der Waals surface area contributed by atoms with Crippen molar-refractivity contribution < 1.29 is 0 Å². The van der Waals surface area contributed by atoms with E-state index < -0.39 is 0 Å². The van der Waals surface area contributed by atoms with Crippen LogP contribution in [-0.4, -0.2) is 42.3 Å². The molecule has 0 saturated carbocycles. The Kier molecular flexibility index (Phi) is 11.1. The van der Waals surface area contributed by atoms with Gasteiger partial charge in [0.2, 0.25) is 0 Å². The van der Waals surface area contributed by atoms with E-state index in [9.17, 15) is 0 Å². The lowest BCUT2D eigenvalue weighted by atomic mass is 9.99. The minimum atomic E-state index is 0.882. The van der Waals surface area contributed by atoms with Gasteiger partial charge in [-0.3, -0.25) is 0 Å². The van der Waals surface area contributed by atoms with Crippen LogP contribution in [0.25, 0.3) is 98.0 Å². The van der Waals surface area contributed by atoms with Crippen LogP contribution < -0.4 is 30.8 Å². The highest BCUT2D eigenvalue weighted by Crippen LogP contribution is 2.45. The Morgan fingerprint density at radius 3 is 0.707 bits per heavy atom. The maximum atomic E-state index is 5.78. The maximum Gasteiger partial charge on any atom is 0.0801 e. The van der Waals surface area contributed by atoms with Gasteiger partial charge in [-0.1, -0.05) is 146 Å². The zero-order chi connectivity index (χ0) is 50.9. The van der Waals surface area contributed by atoms with Gasteiger partial charge >= 0.3 is 0 Å². The molecule has 0 N–H and O–H groups in total. The maximum absolute atomic E-state index is 5.78. The molecule has 0 radical (unpaired) electrons. The Labute approximate surface area is 436 Å². The molecule has 0 atom stereocenters. The second kappa shape index (κ2) is 18.3. The van der Waals surface area contributed by atoms with E-state index in [1.54, 1.807) is 0 Å². The predicted octanol–water partition coefficient (Wildman–Crippen LogP) is 15.8. The van der Waals surface area contributed by atoms with Crippen molar-refractivity contribution in [3.05, 3.63) is 234 Å². The van der Waals surface area contributed by atoms with Crippen LogP contribution in [0.3, 0.4) is 0 Å². The predicted molar refractivity (Wildman–Crippen MR) is 319 cm³/mol. The summed E-state index contributed by atoms with van der Waals surface area (Å²) >= 11 is 0. The van der Waals surface area contributed by atoms with Gasteiger partial charge in [0.05, 0.1) is 33.1 Å². The van der Waals surface area contributed by atoms with Crippen molar-refractivity contribution in [2.75, 3.05) is 57.0 Å². The quantitative estimate of drug-likeness (QED) is 0.145. The smallest absolute Gasteiger partial charge is 0.0801 e. The molecular formula is C69H54N6. The largest absolute Gasteiger partial charge is 0.378 e. The zero-order valence-corrected chi connectivity index (χ0v) is 43.0. The van der Waals surface area contributed by atoms with Crippen molar-refractivity contribution in [2.24, 2.45) is 15.0 Å². The summed E-state index contributed by atoms with van der Waals surface area (Å²) in [6.07, 6.45) is 0. The van der Waals surface area contributed by atoms with Crippen molar-refractivity contribution in [2.45, 2.75) is 0 Å². The molecule has 13 rings (SSSR count). The lowest BCUT2D eigenvalue weighted by Crippen LogP contribution is -2.09. The second-order valence-corrected chi connectivity index (χ2v) is 20.2. The van der Waals surface area contributed by atoms with Crippen molar-refractivity contribution >= 4 is 98.8 Å². The third kappa shape index (κ3) is 7.85. The van der Waals surface area contributed by atoms with Gasteiger partial charge < -0.3 is 14.7 Å². The molecule has 75 heavy (non-hydrogen) atoms. The van der Waals surface area contributed by atoms with Gasteiger partial charge in [0, 0.05) is 108 Å². The average Bonchev–Trinajstić information content (AvgIpc) is 4.12. The summed E-state index contributed by atoms with van der Waals surface area (Å²) in [6.45, 7) is 0. The minimum absolute atomic E-state index is 0.882. The van der Waals surface area contributed by atoms with E-state index in [4.69, 9.17) is 15.0 Å². The zero-order valence-electron chi connectivity index (χ0n) is 43.0. The van der Waals surface area contributed by atoms with Crippen LogP contribution in [0.5, 0.6) is 0 Å². The summed E-state index contributed by atoms with van der Waals surface area (Å²) in [7, 11) is 12.7. The lowest BCUT2D eigenvalue weighted by molar-refractivity contribution is 1.13. The minimum Gasteiger partial charge on any atom is -0.378 e. The van der Waals surface area contributed by atoms with Crippen LogP contribution in [0.1, 0.15) is 0 Å².